The molecule has 1 atom stereocenters. The number of hydrogen-bond donors (Lipinski definition) is 1. The van der Waals surface area contributed by atoms with Crippen LogP contribution in [-0.2, 0) is 9.53 Å². The average Bonchev–Trinajstić information content (AvgIpc) is 3.31. The highest BCUT2D eigenvalue weighted by Gasteiger charge is 2.39. The molecular formula is C26H31ClN4O5. The van der Waals surface area contributed by atoms with E-state index >= 15 is 0 Å². The van der Waals surface area contributed by atoms with Crippen LogP contribution in [0, 0.1) is 0 Å². The van der Waals surface area contributed by atoms with Gasteiger partial charge in [0.2, 0.25) is 0 Å². The summed E-state index contributed by atoms with van der Waals surface area (Å²) in [6, 6.07) is 9.49. The highest BCUT2D eigenvalue weighted by atomic mass is 35.5. The lowest BCUT2D eigenvalue weighted by Crippen LogP contribution is -2.51. The minimum Gasteiger partial charge on any atom is -0.463 e. The Morgan fingerprint density at radius 3 is 2.61 bits per heavy atom. The largest absolute Gasteiger partial charge is 0.463 e. The molecule has 3 heterocycles. The number of esters is 1. The van der Waals surface area contributed by atoms with Gasteiger partial charge in [-0.1, -0.05) is 29.8 Å². The number of benzene rings is 1. The molecule has 10 heteroatoms. The lowest BCUT2D eigenvalue weighted by molar-refractivity contribution is -0.139. The van der Waals surface area contributed by atoms with Crippen LogP contribution < -0.4 is 5.32 Å². The third-order valence-corrected chi connectivity index (χ3v) is 6.79. The van der Waals surface area contributed by atoms with Crippen molar-refractivity contribution in [2.75, 3.05) is 45.9 Å². The molecule has 9 nitrogen and oxygen atoms in total. The molecule has 3 amide bonds. The van der Waals surface area contributed by atoms with E-state index in [0.29, 0.717) is 66.9 Å². The number of hydrogen-bond acceptors (Lipinski definition) is 6. The molecule has 1 aromatic carbocycles. The zero-order valence-corrected chi connectivity index (χ0v) is 21.3. The van der Waals surface area contributed by atoms with Gasteiger partial charge in [-0.3, -0.25) is 14.6 Å². The molecule has 4 rings (SSSR count). The number of nitrogens with one attached hydrogen (secondary N) is 1. The summed E-state index contributed by atoms with van der Waals surface area (Å²) in [5.74, 6) is -0.306. The number of amides is 3. The van der Waals surface area contributed by atoms with E-state index in [0.717, 1.165) is 6.42 Å². The first-order chi connectivity index (χ1) is 17.4. The number of furan rings is 1. The summed E-state index contributed by atoms with van der Waals surface area (Å²) in [6.45, 7) is 6.96. The van der Waals surface area contributed by atoms with Crippen LogP contribution in [0.15, 0.2) is 58.3 Å². The maximum atomic E-state index is 13.3. The summed E-state index contributed by atoms with van der Waals surface area (Å²) in [6.07, 6.45) is 2.24. The van der Waals surface area contributed by atoms with Crippen molar-refractivity contribution in [2.24, 2.45) is 0 Å². The number of rotatable bonds is 7. The number of likely N-dealkylation sites (N-methyl/N-ethyl adjacent to an activating group) is 1. The number of carbonyl (C=O) groups is 3. The van der Waals surface area contributed by atoms with Gasteiger partial charge in [0, 0.05) is 50.0 Å². The molecule has 1 fully saturated rings. The Morgan fingerprint density at radius 1 is 1.11 bits per heavy atom. The van der Waals surface area contributed by atoms with Gasteiger partial charge in [0.05, 0.1) is 24.5 Å². The second-order valence-electron chi connectivity index (χ2n) is 8.63. The maximum Gasteiger partial charge on any atom is 0.338 e. The molecule has 1 N–H and O–H groups in total. The molecule has 2 aliphatic heterocycles. The van der Waals surface area contributed by atoms with Crippen LogP contribution in [0.5, 0.6) is 0 Å². The average molecular weight is 515 g/mol. The zero-order chi connectivity index (χ0) is 25.7. The summed E-state index contributed by atoms with van der Waals surface area (Å²) in [4.78, 5) is 44.7. The van der Waals surface area contributed by atoms with Gasteiger partial charge in [-0.05, 0) is 44.0 Å². The lowest BCUT2D eigenvalue weighted by atomic mass is 9.94. The fourth-order valence-electron chi connectivity index (χ4n) is 4.70. The predicted molar refractivity (Wildman–Crippen MR) is 134 cm³/mol. The van der Waals surface area contributed by atoms with E-state index in [9.17, 15) is 14.4 Å². The second-order valence-corrected chi connectivity index (χ2v) is 9.04. The van der Waals surface area contributed by atoms with Gasteiger partial charge in [0.25, 0.3) is 5.91 Å². The molecular weight excluding hydrogens is 484 g/mol. The van der Waals surface area contributed by atoms with Gasteiger partial charge in [-0.2, -0.15) is 0 Å². The minimum absolute atomic E-state index is 0.140. The minimum atomic E-state index is -0.730. The Morgan fingerprint density at radius 2 is 1.92 bits per heavy atom. The molecule has 0 radical (unpaired) electrons. The van der Waals surface area contributed by atoms with Crippen molar-refractivity contribution in [1.82, 2.24) is 20.0 Å². The molecule has 1 saturated heterocycles. The van der Waals surface area contributed by atoms with Crippen molar-refractivity contribution in [3.05, 3.63) is 70.3 Å². The van der Waals surface area contributed by atoms with Gasteiger partial charge in [0.1, 0.15) is 0 Å². The van der Waals surface area contributed by atoms with Crippen LogP contribution in [0.2, 0.25) is 5.02 Å². The van der Waals surface area contributed by atoms with Crippen molar-refractivity contribution < 1.29 is 23.5 Å². The topological polar surface area (TPSA) is 95.3 Å². The number of carbonyl (C=O) groups excluding carboxylic acids is 3. The van der Waals surface area contributed by atoms with Crippen LogP contribution in [0.3, 0.4) is 0 Å². The van der Waals surface area contributed by atoms with Crippen LogP contribution in [0.4, 0.5) is 4.79 Å². The highest BCUT2D eigenvalue weighted by molar-refractivity contribution is 6.31. The Hall–Kier alpha value is -3.30. The molecule has 0 bridgehead atoms. The fraction of sp³-hybridized carbons (Fsp3) is 0.423. The van der Waals surface area contributed by atoms with Gasteiger partial charge in [-0.15, -0.1) is 0 Å². The summed E-state index contributed by atoms with van der Waals surface area (Å²) in [5.41, 5.74) is 1.60. The van der Waals surface area contributed by atoms with Gasteiger partial charge in [-0.25, -0.2) is 9.59 Å². The third-order valence-electron chi connectivity index (χ3n) is 6.45. The zero-order valence-electron chi connectivity index (χ0n) is 20.5. The van der Waals surface area contributed by atoms with E-state index in [1.807, 2.05) is 13.0 Å². The van der Waals surface area contributed by atoms with Crippen LogP contribution in [-0.4, -0.2) is 78.5 Å². The SMILES string of the molecule is CCOC(=O)C1=C(CN2CCCN(C(=O)c3ccco3)CC2)N(CC)C(=O)NC1c1ccccc1Cl. The molecule has 2 aromatic rings. The van der Waals surface area contributed by atoms with E-state index in [1.54, 1.807) is 47.1 Å². The Balaban J connectivity index is 1.65. The fourth-order valence-corrected chi connectivity index (χ4v) is 4.94. The van der Waals surface area contributed by atoms with Crippen molar-refractivity contribution in [2.45, 2.75) is 26.3 Å². The molecule has 1 aromatic heterocycles. The molecule has 0 spiro atoms. The predicted octanol–water partition coefficient (Wildman–Crippen LogP) is 3.68. The van der Waals surface area contributed by atoms with Crippen molar-refractivity contribution >= 4 is 29.5 Å². The number of ether oxygens (including phenoxy) is 1. The van der Waals surface area contributed by atoms with Crippen molar-refractivity contribution in [3.8, 4) is 0 Å². The first kappa shape index (κ1) is 25.8. The Labute approximate surface area is 215 Å². The molecule has 0 saturated carbocycles. The maximum absolute atomic E-state index is 13.3. The number of halogens is 1. The van der Waals surface area contributed by atoms with Crippen LogP contribution in [0.1, 0.15) is 42.4 Å². The Kier molecular flexibility index (Phi) is 8.32. The van der Waals surface area contributed by atoms with E-state index in [-0.39, 0.29) is 18.5 Å². The molecule has 192 valence electrons. The summed E-state index contributed by atoms with van der Waals surface area (Å²) in [5, 5.41) is 3.40. The van der Waals surface area contributed by atoms with Crippen LogP contribution in [0.25, 0.3) is 0 Å². The van der Waals surface area contributed by atoms with E-state index < -0.39 is 12.0 Å². The second kappa shape index (κ2) is 11.6. The molecule has 0 aliphatic carbocycles. The molecule has 2 aliphatic rings. The number of nitrogens with zero attached hydrogens (tertiary/aromatic N) is 3. The molecule has 1 unspecified atom stereocenters. The van der Waals surface area contributed by atoms with Gasteiger partial charge < -0.3 is 19.4 Å². The lowest BCUT2D eigenvalue weighted by Gasteiger charge is -2.38. The first-order valence-corrected chi connectivity index (χ1v) is 12.6. The third kappa shape index (κ3) is 5.42. The highest BCUT2D eigenvalue weighted by Crippen LogP contribution is 2.35. The van der Waals surface area contributed by atoms with Crippen LogP contribution >= 0.6 is 11.6 Å². The smallest absolute Gasteiger partial charge is 0.338 e. The van der Waals surface area contributed by atoms with Crippen molar-refractivity contribution in [3.63, 3.8) is 0 Å². The normalized spacial score (nSPS) is 19.2. The Bertz CT molecular complexity index is 1130. The van der Waals surface area contributed by atoms with Gasteiger partial charge >= 0.3 is 12.0 Å². The summed E-state index contributed by atoms with van der Waals surface area (Å²) >= 11 is 6.48. The number of urea groups is 1. The standard InChI is InChI=1S/C26H31ClN4O5/c1-3-31-20(17-29-12-8-13-30(15-14-29)24(32)21-11-7-16-36-21)22(25(33)35-4-2)23(28-26(31)34)18-9-5-6-10-19(18)27/h5-7,9-11,16,23H,3-4,8,12-15,17H2,1-2H3,(H,28,34). The van der Waals surface area contributed by atoms with Crippen molar-refractivity contribution in [1.29, 1.82) is 0 Å². The van der Waals surface area contributed by atoms with E-state index in [4.69, 9.17) is 20.8 Å². The summed E-state index contributed by atoms with van der Waals surface area (Å²) in [7, 11) is 0. The first-order valence-electron chi connectivity index (χ1n) is 12.2. The van der Waals surface area contributed by atoms with E-state index in [2.05, 4.69) is 10.2 Å². The summed E-state index contributed by atoms with van der Waals surface area (Å²) < 4.78 is 10.7. The monoisotopic (exact) mass is 514 g/mol. The quantitative estimate of drug-likeness (QED) is 0.566. The molecule has 36 heavy (non-hydrogen) atoms. The van der Waals surface area contributed by atoms with E-state index in [1.165, 1.54) is 6.26 Å². The van der Waals surface area contributed by atoms with Gasteiger partial charge in [0.15, 0.2) is 5.76 Å².